The molecule has 0 saturated heterocycles. The molecular weight excluding hydrogens is 268 g/mol. The Bertz CT molecular complexity index is 512. The molecule has 2 aromatic rings. The van der Waals surface area contributed by atoms with Gasteiger partial charge in [0.15, 0.2) is 0 Å². The van der Waals surface area contributed by atoms with E-state index in [1.807, 2.05) is 12.3 Å². The van der Waals surface area contributed by atoms with E-state index in [2.05, 4.69) is 48.4 Å². The molecule has 0 bridgehead atoms. The van der Waals surface area contributed by atoms with Gasteiger partial charge in [0.05, 0.1) is 12.6 Å². The number of nitrogens with one attached hydrogen (secondary N) is 1. The summed E-state index contributed by atoms with van der Waals surface area (Å²) in [5.74, 6) is 0. The van der Waals surface area contributed by atoms with Crippen LogP contribution in [-0.4, -0.2) is 24.7 Å². The molecule has 1 N–H and O–H groups in total. The first-order valence-corrected chi connectivity index (χ1v) is 7.72. The lowest BCUT2D eigenvalue weighted by Gasteiger charge is -2.21. The third-order valence-electron chi connectivity index (χ3n) is 3.19. The van der Waals surface area contributed by atoms with E-state index in [-0.39, 0.29) is 6.04 Å². The number of thiazole rings is 1. The quantitative estimate of drug-likeness (QED) is 0.849. The van der Waals surface area contributed by atoms with Crippen LogP contribution in [-0.2, 0) is 11.2 Å². The van der Waals surface area contributed by atoms with Crippen molar-refractivity contribution in [1.82, 2.24) is 10.3 Å². The van der Waals surface area contributed by atoms with Crippen LogP contribution in [0, 0.1) is 6.92 Å². The average Bonchev–Trinajstić information content (AvgIpc) is 2.87. The molecule has 0 radical (unpaired) electrons. The second kappa shape index (κ2) is 7.53. The summed E-state index contributed by atoms with van der Waals surface area (Å²) >= 11 is 1.75. The summed E-state index contributed by atoms with van der Waals surface area (Å²) < 4.78 is 5.34. The van der Waals surface area contributed by atoms with Gasteiger partial charge < -0.3 is 10.1 Å². The highest BCUT2D eigenvalue weighted by Crippen LogP contribution is 2.20. The Hall–Kier alpha value is -1.23. The summed E-state index contributed by atoms with van der Waals surface area (Å²) in [6, 6.07) is 11.0. The molecule has 0 aliphatic carbocycles. The van der Waals surface area contributed by atoms with Gasteiger partial charge in [0.1, 0.15) is 5.01 Å². The minimum Gasteiger partial charge on any atom is -0.383 e. The van der Waals surface area contributed by atoms with Crippen LogP contribution in [0.25, 0.3) is 0 Å². The van der Waals surface area contributed by atoms with Gasteiger partial charge in [-0.3, -0.25) is 0 Å². The molecule has 3 nitrogen and oxygen atoms in total. The molecule has 108 valence electrons. The average molecular weight is 290 g/mol. The predicted molar refractivity (Wildman–Crippen MR) is 84.2 cm³/mol. The zero-order valence-corrected chi connectivity index (χ0v) is 13.1. The van der Waals surface area contributed by atoms with Crippen LogP contribution in [0.4, 0.5) is 0 Å². The first kappa shape index (κ1) is 15.2. The molecule has 1 aromatic heterocycles. The summed E-state index contributed by atoms with van der Waals surface area (Å²) in [7, 11) is 1.75. The van der Waals surface area contributed by atoms with E-state index in [1.54, 1.807) is 18.4 Å². The van der Waals surface area contributed by atoms with Gasteiger partial charge in [-0.1, -0.05) is 30.3 Å². The van der Waals surface area contributed by atoms with Crippen molar-refractivity contribution in [2.75, 3.05) is 13.7 Å². The number of methoxy groups -OCH3 is 1. The Morgan fingerprint density at radius 2 is 2.05 bits per heavy atom. The minimum atomic E-state index is 0.248. The largest absolute Gasteiger partial charge is 0.383 e. The third kappa shape index (κ3) is 4.40. The number of benzene rings is 1. The van der Waals surface area contributed by atoms with Gasteiger partial charge in [0.2, 0.25) is 0 Å². The fourth-order valence-electron chi connectivity index (χ4n) is 2.26. The molecular formula is C16H22N2OS. The highest BCUT2D eigenvalue weighted by atomic mass is 32.1. The summed E-state index contributed by atoms with van der Waals surface area (Å²) in [6.45, 7) is 4.94. The number of aryl methyl sites for hydroxylation is 1. The van der Waals surface area contributed by atoms with Crippen molar-refractivity contribution in [3.05, 3.63) is 52.0 Å². The van der Waals surface area contributed by atoms with Gasteiger partial charge in [-0.2, -0.15) is 0 Å². The van der Waals surface area contributed by atoms with Gasteiger partial charge in [-0.05, 0) is 25.8 Å². The van der Waals surface area contributed by atoms with Crippen molar-refractivity contribution >= 4 is 11.3 Å². The van der Waals surface area contributed by atoms with Gasteiger partial charge in [-0.15, -0.1) is 11.3 Å². The highest BCUT2D eigenvalue weighted by molar-refractivity contribution is 7.11. The zero-order chi connectivity index (χ0) is 14.4. The molecule has 1 aromatic carbocycles. The normalized spacial score (nSPS) is 14.2. The van der Waals surface area contributed by atoms with E-state index in [0.29, 0.717) is 12.6 Å². The number of nitrogens with zero attached hydrogens (tertiary/aromatic N) is 1. The maximum atomic E-state index is 5.34. The van der Waals surface area contributed by atoms with E-state index in [1.165, 1.54) is 10.4 Å². The van der Waals surface area contributed by atoms with Crippen LogP contribution in [0.3, 0.4) is 0 Å². The van der Waals surface area contributed by atoms with Gasteiger partial charge in [0.25, 0.3) is 0 Å². The van der Waals surface area contributed by atoms with Crippen molar-refractivity contribution in [3.8, 4) is 0 Å². The molecule has 0 amide bonds. The Kier molecular flexibility index (Phi) is 5.71. The number of ether oxygens (including phenoxy) is 1. The molecule has 20 heavy (non-hydrogen) atoms. The van der Waals surface area contributed by atoms with Crippen LogP contribution in [0.2, 0.25) is 0 Å². The van der Waals surface area contributed by atoms with Gasteiger partial charge >= 0.3 is 0 Å². The number of hydrogen-bond donors (Lipinski definition) is 1. The van der Waals surface area contributed by atoms with Crippen LogP contribution in [0.15, 0.2) is 36.5 Å². The summed E-state index contributed by atoms with van der Waals surface area (Å²) in [5, 5.41) is 4.75. The van der Waals surface area contributed by atoms with Crippen LogP contribution >= 0.6 is 11.3 Å². The van der Waals surface area contributed by atoms with Crippen molar-refractivity contribution in [3.63, 3.8) is 0 Å². The first-order valence-electron chi connectivity index (χ1n) is 6.90. The molecule has 0 fully saturated rings. The lowest BCUT2D eigenvalue weighted by Crippen LogP contribution is -2.37. The van der Waals surface area contributed by atoms with Crippen molar-refractivity contribution < 1.29 is 4.74 Å². The van der Waals surface area contributed by atoms with E-state index in [0.717, 1.165) is 11.4 Å². The fourth-order valence-corrected chi connectivity index (χ4v) is 3.05. The van der Waals surface area contributed by atoms with E-state index in [4.69, 9.17) is 4.74 Å². The van der Waals surface area contributed by atoms with E-state index >= 15 is 0 Å². The van der Waals surface area contributed by atoms with Crippen molar-refractivity contribution in [2.24, 2.45) is 0 Å². The maximum absolute atomic E-state index is 5.34. The molecule has 2 atom stereocenters. The fraction of sp³-hybridized carbons (Fsp3) is 0.438. The van der Waals surface area contributed by atoms with Crippen molar-refractivity contribution in [1.29, 1.82) is 0 Å². The maximum Gasteiger partial charge on any atom is 0.109 e. The SMILES string of the molecule is COCC(Cc1ccccc1)NC(C)c1ncc(C)s1. The molecule has 1 heterocycles. The Morgan fingerprint density at radius 3 is 2.65 bits per heavy atom. The summed E-state index contributed by atoms with van der Waals surface area (Å²) in [6.07, 6.45) is 2.89. The lowest BCUT2D eigenvalue weighted by molar-refractivity contribution is 0.161. The number of hydrogen-bond acceptors (Lipinski definition) is 4. The minimum absolute atomic E-state index is 0.248. The number of aromatic nitrogens is 1. The molecule has 0 saturated carbocycles. The molecule has 0 aliphatic heterocycles. The molecule has 4 heteroatoms. The van der Waals surface area contributed by atoms with Crippen molar-refractivity contribution in [2.45, 2.75) is 32.4 Å². The van der Waals surface area contributed by atoms with Crippen LogP contribution < -0.4 is 5.32 Å². The van der Waals surface area contributed by atoms with Crippen LogP contribution in [0.5, 0.6) is 0 Å². The van der Waals surface area contributed by atoms with Gasteiger partial charge in [0, 0.05) is 24.2 Å². The molecule has 2 unspecified atom stereocenters. The topological polar surface area (TPSA) is 34.1 Å². The summed E-state index contributed by atoms with van der Waals surface area (Å²) in [5.41, 5.74) is 1.32. The lowest BCUT2D eigenvalue weighted by atomic mass is 10.1. The zero-order valence-electron chi connectivity index (χ0n) is 12.3. The molecule has 2 rings (SSSR count). The smallest absolute Gasteiger partial charge is 0.109 e. The van der Waals surface area contributed by atoms with E-state index in [9.17, 15) is 0 Å². The third-order valence-corrected chi connectivity index (χ3v) is 4.28. The van der Waals surface area contributed by atoms with Crippen LogP contribution in [0.1, 0.15) is 28.4 Å². The first-order chi connectivity index (χ1) is 9.69. The second-order valence-corrected chi connectivity index (χ2v) is 6.31. The Labute approximate surface area is 125 Å². The number of rotatable bonds is 7. The van der Waals surface area contributed by atoms with E-state index < -0.39 is 0 Å². The second-order valence-electron chi connectivity index (χ2n) is 5.04. The molecule has 0 aliphatic rings. The monoisotopic (exact) mass is 290 g/mol. The Balaban J connectivity index is 1.98. The predicted octanol–water partition coefficient (Wildman–Crippen LogP) is 3.36. The summed E-state index contributed by atoms with van der Waals surface area (Å²) in [4.78, 5) is 5.70. The standard InChI is InChI=1S/C16H22N2OS/c1-12-10-17-16(20-12)13(2)18-15(11-19-3)9-14-7-5-4-6-8-14/h4-8,10,13,15,18H,9,11H2,1-3H3. The Morgan fingerprint density at radius 1 is 1.30 bits per heavy atom. The van der Waals surface area contributed by atoms with Gasteiger partial charge in [-0.25, -0.2) is 4.98 Å². The highest BCUT2D eigenvalue weighted by Gasteiger charge is 2.16. The molecule has 0 spiro atoms.